The molecule has 13 rings (SSSR count). The van der Waals surface area contributed by atoms with E-state index in [0.717, 1.165) is 24.0 Å². The van der Waals surface area contributed by atoms with Gasteiger partial charge in [-0.2, -0.15) is 0 Å². The molecule has 296 valence electrons. The van der Waals surface area contributed by atoms with Crippen molar-refractivity contribution in [1.82, 2.24) is 0 Å². The van der Waals surface area contributed by atoms with Crippen LogP contribution in [-0.2, 0) is 18.3 Å². The average Bonchev–Trinajstić information content (AvgIpc) is 4.07. The highest BCUT2D eigenvalue weighted by molar-refractivity contribution is 6.05. The maximum atomic E-state index is 6.58. The van der Waals surface area contributed by atoms with Crippen molar-refractivity contribution < 1.29 is 4.42 Å². The number of benzene rings is 9. The Balaban J connectivity index is 1.07. The van der Waals surface area contributed by atoms with E-state index in [4.69, 9.17) is 4.42 Å². The summed E-state index contributed by atoms with van der Waals surface area (Å²) >= 11 is 0. The van der Waals surface area contributed by atoms with Gasteiger partial charge in [-0.3, -0.25) is 0 Å². The molecule has 1 saturated carbocycles. The number of anilines is 3. The molecular weight excluding hydrogens is 751 g/mol. The molecular formula is C60H45NO. The lowest BCUT2D eigenvalue weighted by atomic mass is 9.66. The third-order valence-corrected chi connectivity index (χ3v) is 14.8. The first-order chi connectivity index (χ1) is 30.7. The Bertz CT molecular complexity index is 3320. The lowest BCUT2D eigenvalue weighted by Gasteiger charge is -2.40. The molecule has 0 N–H and O–H groups in total. The zero-order valence-electron chi connectivity index (χ0n) is 34.5. The zero-order chi connectivity index (χ0) is 40.8. The summed E-state index contributed by atoms with van der Waals surface area (Å²) in [7, 11) is 0. The van der Waals surface area contributed by atoms with Gasteiger partial charge >= 0.3 is 0 Å². The van der Waals surface area contributed by atoms with Gasteiger partial charge in [0.05, 0.1) is 11.4 Å². The number of furan rings is 1. The minimum absolute atomic E-state index is 0.0322. The molecule has 4 atom stereocenters. The Morgan fingerprint density at radius 2 is 1.10 bits per heavy atom. The summed E-state index contributed by atoms with van der Waals surface area (Å²) < 4.78 is 6.58. The van der Waals surface area contributed by atoms with Gasteiger partial charge in [-0.15, -0.1) is 0 Å². The zero-order valence-corrected chi connectivity index (χ0v) is 34.5. The molecule has 3 aliphatic rings. The molecule has 2 heteroatoms. The summed E-state index contributed by atoms with van der Waals surface area (Å²) in [6, 6.07) is 76.9. The Labute approximate surface area is 362 Å². The maximum Gasteiger partial charge on any atom is 0.135 e. The van der Waals surface area contributed by atoms with E-state index in [-0.39, 0.29) is 11.3 Å². The highest BCUT2D eigenvalue weighted by Gasteiger charge is 2.62. The molecule has 62 heavy (non-hydrogen) atoms. The quantitative estimate of drug-likeness (QED) is 0.149. The van der Waals surface area contributed by atoms with E-state index in [9.17, 15) is 0 Å². The van der Waals surface area contributed by atoms with Crippen LogP contribution in [0, 0.1) is 11.8 Å². The van der Waals surface area contributed by atoms with E-state index in [1.54, 1.807) is 5.56 Å². The van der Waals surface area contributed by atoms with Crippen molar-refractivity contribution in [2.75, 3.05) is 4.90 Å². The first-order valence-electron chi connectivity index (χ1n) is 22.4. The maximum absolute atomic E-state index is 6.58. The molecule has 0 radical (unpaired) electrons. The number of rotatable bonds is 7. The number of nitrogens with zero attached hydrogens (tertiary/aromatic N) is 1. The highest BCUT2D eigenvalue weighted by Crippen LogP contribution is 2.68. The van der Waals surface area contributed by atoms with Gasteiger partial charge in [0.25, 0.3) is 0 Å². The van der Waals surface area contributed by atoms with E-state index in [2.05, 4.69) is 211 Å². The van der Waals surface area contributed by atoms with Gasteiger partial charge in [0.1, 0.15) is 11.2 Å². The largest absolute Gasteiger partial charge is 0.456 e. The van der Waals surface area contributed by atoms with Crippen molar-refractivity contribution >= 4 is 49.8 Å². The summed E-state index contributed by atoms with van der Waals surface area (Å²) in [6.45, 7) is 0. The third-order valence-electron chi connectivity index (χ3n) is 14.8. The van der Waals surface area contributed by atoms with Gasteiger partial charge in [0, 0.05) is 33.4 Å². The molecule has 10 aromatic rings. The van der Waals surface area contributed by atoms with Crippen LogP contribution in [0.5, 0.6) is 0 Å². The molecule has 9 aromatic carbocycles. The molecule has 2 nitrogen and oxygen atoms in total. The molecule has 1 heterocycles. The molecule has 3 aliphatic carbocycles. The van der Waals surface area contributed by atoms with Gasteiger partial charge < -0.3 is 9.32 Å². The number of hydrogen-bond acceptors (Lipinski definition) is 2. The van der Waals surface area contributed by atoms with Crippen LogP contribution in [0.1, 0.15) is 57.7 Å². The lowest BCUT2D eigenvalue weighted by Crippen LogP contribution is -2.34. The molecule has 4 unspecified atom stereocenters. The van der Waals surface area contributed by atoms with Crippen molar-refractivity contribution in [3.8, 4) is 11.1 Å². The first-order valence-corrected chi connectivity index (χ1v) is 22.4. The van der Waals surface area contributed by atoms with E-state index in [1.165, 1.54) is 96.0 Å². The molecule has 0 saturated heterocycles. The minimum Gasteiger partial charge on any atom is -0.456 e. The van der Waals surface area contributed by atoms with E-state index in [1.807, 2.05) is 0 Å². The Kier molecular flexibility index (Phi) is 8.00. The van der Waals surface area contributed by atoms with Gasteiger partial charge in [0.2, 0.25) is 0 Å². The Morgan fingerprint density at radius 1 is 0.468 bits per heavy atom. The second-order valence-electron chi connectivity index (χ2n) is 17.9. The fraction of sp³-hybridized carbons (Fsp3) is 0.133. The van der Waals surface area contributed by atoms with Crippen molar-refractivity contribution in [2.24, 2.45) is 11.8 Å². The molecule has 0 amide bonds. The minimum atomic E-state index is -0.134. The van der Waals surface area contributed by atoms with Crippen LogP contribution in [-0.4, -0.2) is 0 Å². The predicted molar refractivity (Wildman–Crippen MR) is 256 cm³/mol. The predicted octanol–water partition coefficient (Wildman–Crippen LogP) is 15.5. The summed E-state index contributed by atoms with van der Waals surface area (Å²) in [5.41, 5.74) is 18.0. The van der Waals surface area contributed by atoms with Crippen LogP contribution < -0.4 is 4.90 Å². The van der Waals surface area contributed by atoms with Gasteiger partial charge in [-0.1, -0.05) is 164 Å². The van der Waals surface area contributed by atoms with Gasteiger partial charge in [-0.25, -0.2) is 0 Å². The Hall–Kier alpha value is -7.16. The first kappa shape index (κ1) is 35.6. The highest BCUT2D eigenvalue weighted by atomic mass is 16.3. The van der Waals surface area contributed by atoms with E-state index < -0.39 is 0 Å². The Morgan fingerprint density at radius 3 is 1.87 bits per heavy atom. The fourth-order valence-corrected chi connectivity index (χ4v) is 12.5. The van der Waals surface area contributed by atoms with Crippen LogP contribution in [0.15, 0.2) is 211 Å². The summed E-state index contributed by atoms with van der Waals surface area (Å²) in [5, 5.41) is 4.83. The van der Waals surface area contributed by atoms with Crippen molar-refractivity contribution in [3.63, 3.8) is 0 Å². The third kappa shape index (κ3) is 5.23. The van der Waals surface area contributed by atoms with Crippen LogP contribution >= 0.6 is 0 Å². The summed E-state index contributed by atoms with van der Waals surface area (Å²) in [4.78, 5) is 2.62. The van der Waals surface area contributed by atoms with E-state index >= 15 is 0 Å². The molecule has 1 spiro atoms. The standard InChI is InChI=1S/C60H45NO/c1-4-16-39(17-5-1)52-36-41-20-10-11-21-42(41)37-54(52)61(48-24-8-3-9-25-48)53-28-15-23-45-35-47-32-31-46-34-44-22-14-27-51(58(44)60(46,47)59(45)53)57(40-18-6-2-7-19-40)43-30-33-50-49-26-12-13-29-55(49)62-56(50)38-43/h1-30,33,36-38,46-47,57H,31-32,34-35H2. The monoisotopic (exact) mass is 795 g/mol. The smallest absolute Gasteiger partial charge is 0.135 e. The van der Waals surface area contributed by atoms with Crippen LogP contribution in [0.3, 0.4) is 0 Å². The van der Waals surface area contributed by atoms with Crippen LogP contribution in [0.2, 0.25) is 0 Å². The fourth-order valence-electron chi connectivity index (χ4n) is 12.5. The SMILES string of the molecule is c1ccc(-c2cc3ccccc3cc2N(c2ccccc2)c2cccc3c2C24c5c(cccc5C(c5ccccc5)c5ccc6c(c5)oc5ccccc56)CC2CCC4C3)cc1. The number of para-hydroxylation sites is 2. The van der Waals surface area contributed by atoms with Crippen molar-refractivity contribution in [2.45, 2.75) is 37.0 Å². The topological polar surface area (TPSA) is 16.4 Å². The molecule has 0 bridgehead atoms. The average molecular weight is 796 g/mol. The van der Waals surface area contributed by atoms with Gasteiger partial charge in [-0.05, 0) is 135 Å². The van der Waals surface area contributed by atoms with Crippen LogP contribution in [0.25, 0.3) is 43.8 Å². The number of fused-ring (bicyclic) bond motifs is 6. The summed E-state index contributed by atoms with van der Waals surface area (Å²) in [6.07, 6.45) is 4.68. The van der Waals surface area contributed by atoms with Gasteiger partial charge in [0.15, 0.2) is 0 Å². The molecule has 0 aliphatic heterocycles. The second kappa shape index (κ2) is 13.9. The van der Waals surface area contributed by atoms with Crippen LogP contribution in [0.4, 0.5) is 17.1 Å². The van der Waals surface area contributed by atoms with Crippen molar-refractivity contribution in [1.29, 1.82) is 0 Å². The lowest BCUT2D eigenvalue weighted by molar-refractivity contribution is 0.347. The van der Waals surface area contributed by atoms with E-state index in [0.29, 0.717) is 11.8 Å². The molecule has 1 fully saturated rings. The second-order valence-corrected chi connectivity index (χ2v) is 17.9. The molecule has 1 aromatic heterocycles. The number of hydrogen-bond donors (Lipinski definition) is 0. The summed E-state index contributed by atoms with van der Waals surface area (Å²) in [5.74, 6) is 1.07. The van der Waals surface area contributed by atoms with Crippen molar-refractivity contribution in [3.05, 3.63) is 245 Å². The normalized spacial score (nSPS) is 19.0.